The number of likely N-dealkylation sites (tertiary alicyclic amines) is 1. The minimum absolute atomic E-state index is 0.0230. The molecule has 134 valence electrons. The second-order valence-electron chi connectivity index (χ2n) is 7.60. The quantitative estimate of drug-likeness (QED) is 0.833. The van der Waals surface area contributed by atoms with Crippen LogP contribution in [0.4, 0.5) is 0 Å². The lowest BCUT2D eigenvalue weighted by Gasteiger charge is -2.47. The van der Waals surface area contributed by atoms with Crippen LogP contribution >= 0.6 is 0 Å². The van der Waals surface area contributed by atoms with Crippen molar-refractivity contribution in [2.45, 2.75) is 50.2 Å². The molecule has 2 aliphatic heterocycles. The minimum Gasteiger partial charge on any atom is -0.360 e. The van der Waals surface area contributed by atoms with Crippen molar-refractivity contribution >= 4 is 5.91 Å². The van der Waals surface area contributed by atoms with Crippen molar-refractivity contribution in [1.82, 2.24) is 19.9 Å². The van der Waals surface area contributed by atoms with E-state index in [4.69, 9.17) is 9.72 Å². The lowest BCUT2D eigenvalue weighted by Crippen LogP contribution is -2.61. The number of hydrogen-bond donors (Lipinski definition) is 0. The highest BCUT2D eigenvalue weighted by Gasteiger charge is 2.52. The molecule has 0 radical (unpaired) electrons. The third-order valence-corrected chi connectivity index (χ3v) is 5.94. The first kappa shape index (κ1) is 15.9. The van der Waals surface area contributed by atoms with Gasteiger partial charge in [-0.3, -0.25) is 9.78 Å². The summed E-state index contributed by atoms with van der Waals surface area (Å²) in [5.74, 6) is 1.50. The van der Waals surface area contributed by atoms with Crippen LogP contribution in [-0.2, 0) is 16.9 Å². The summed E-state index contributed by atoms with van der Waals surface area (Å²) in [7, 11) is 0. The van der Waals surface area contributed by atoms with Crippen LogP contribution in [0.15, 0.2) is 30.7 Å². The van der Waals surface area contributed by atoms with Crippen LogP contribution in [0.2, 0.25) is 0 Å². The maximum absolute atomic E-state index is 12.6. The first-order valence-corrected chi connectivity index (χ1v) is 9.45. The van der Waals surface area contributed by atoms with Crippen molar-refractivity contribution in [3.8, 4) is 0 Å². The first-order chi connectivity index (χ1) is 12.8. The van der Waals surface area contributed by atoms with Crippen molar-refractivity contribution in [2.75, 3.05) is 13.1 Å². The highest BCUT2D eigenvalue weighted by Crippen LogP contribution is 2.43. The van der Waals surface area contributed by atoms with Crippen LogP contribution in [0.3, 0.4) is 0 Å². The summed E-state index contributed by atoms with van der Waals surface area (Å²) in [4.78, 5) is 27.8. The SMILES string of the molecule is O=C(c1ccncc1)N1CC2(C1)OCc1nc(C3CCCCC3)ncc12. The Morgan fingerprint density at radius 3 is 2.69 bits per heavy atom. The van der Waals surface area contributed by atoms with E-state index in [-0.39, 0.29) is 5.91 Å². The molecule has 0 unspecified atom stereocenters. The van der Waals surface area contributed by atoms with Gasteiger partial charge in [-0.05, 0) is 25.0 Å². The van der Waals surface area contributed by atoms with Gasteiger partial charge in [0.15, 0.2) is 0 Å². The molecule has 0 atom stereocenters. The Morgan fingerprint density at radius 2 is 1.92 bits per heavy atom. The maximum atomic E-state index is 12.6. The van der Waals surface area contributed by atoms with Gasteiger partial charge < -0.3 is 9.64 Å². The Balaban J connectivity index is 1.33. The summed E-state index contributed by atoms with van der Waals surface area (Å²) in [5, 5.41) is 0. The van der Waals surface area contributed by atoms with E-state index in [1.807, 2.05) is 11.1 Å². The first-order valence-electron chi connectivity index (χ1n) is 9.45. The van der Waals surface area contributed by atoms with E-state index in [0.717, 1.165) is 17.1 Å². The fourth-order valence-electron chi connectivity index (χ4n) is 4.42. The van der Waals surface area contributed by atoms with Gasteiger partial charge in [-0.25, -0.2) is 9.97 Å². The van der Waals surface area contributed by atoms with Gasteiger partial charge in [-0.2, -0.15) is 0 Å². The molecule has 6 heteroatoms. The number of rotatable bonds is 2. The molecule has 6 nitrogen and oxygen atoms in total. The Labute approximate surface area is 152 Å². The molecule has 1 aliphatic carbocycles. The Hall–Kier alpha value is -2.34. The van der Waals surface area contributed by atoms with Gasteiger partial charge in [0.2, 0.25) is 0 Å². The molecular formula is C20H22N4O2. The van der Waals surface area contributed by atoms with Gasteiger partial charge in [0.1, 0.15) is 11.4 Å². The number of carbonyl (C=O) groups excluding carboxylic acids is 1. The molecule has 3 aliphatic rings. The van der Waals surface area contributed by atoms with E-state index in [1.165, 1.54) is 32.1 Å². The van der Waals surface area contributed by atoms with E-state index < -0.39 is 5.60 Å². The normalized spacial score (nSPS) is 21.5. The average molecular weight is 350 g/mol. The fraction of sp³-hybridized carbons (Fsp3) is 0.500. The third kappa shape index (κ3) is 2.51. The molecule has 5 rings (SSSR count). The fourth-order valence-corrected chi connectivity index (χ4v) is 4.42. The molecule has 1 spiro atoms. The molecular weight excluding hydrogens is 328 g/mol. The van der Waals surface area contributed by atoms with E-state index in [0.29, 0.717) is 31.2 Å². The predicted molar refractivity (Wildman–Crippen MR) is 94.5 cm³/mol. The number of pyridine rings is 1. The summed E-state index contributed by atoms with van der Waals surface area (Å²) in [6.45, 7) is 1.65. The van der Waals surface area contributed by atoms with Gasteiger partial charge in [0.25, 0.3) is 5.91 Å². The lowest BCUT2D eigenvalue weighted by molar-refractivity contribution is -0.126. The Kier molecular flexibility index (Phi) is 3.74. The highest BCUT2D eigenvalue weighted by atomic mass is 16.5. The number of amides is 1. The van der Waals surface area contributed by atoms with Crippen molar-refractivity contribution in [3.05, 3.63) is 53.4 Å². The standard InChI is InChI=1S/C20H22N4O2/c25-19(15-6-8-21-9-7-15)24-12-20(13-24)16-10-22-18(23-17(16)11-26-20)14-4-2-1-3-5-14/h6-10,14H,1-5,11-13H2. The molecule has 0 N–H and O–H groups in total. The predicted octanol–water partition coefficient (Wildman–Crippen LogP) is 2.80. The topological polar surface area (TPSA) is 68.2 Å². The molecule has 2 aromatic rings. The van der Waals surface area contributed by atoms with Gasteiger partial charge in [0.05, 0.1) is 25.4 Å². The second kappa shape index (κ2) is 6.13. The monoisotopic (exact) mass is 350 g/mol. The van der Waals surface area contributed by atoms with Crippen LogP contribution in [0.1, 0.15) is 65.5 Å². The summed E-state index contributed by atoms with van der Waals surface area (Å²) in [5.41, 5.74) is 2.33. The maximum Gasteiger partial charge on any atom is 0.254 e. The number of nitrogens with zero attached hydrogens (tertiary/aromatic N) is 4. The molecule has 0 aromatic carbocycles. The Morgan fingerprint density at radius 1 is 1.15 bits per heavy atom. The number of carbonyl (C=O) groups is 1. The smallest absolute Gasteiger partial charge is 0.254 e. The molecule has 1 saturated heterocycles. The third-order valence-electron chi connectivity index (χ3n) is 5.94. The van der Waals surface area contributed by atoms with Crippen LogP contribution in [0, 0.1) is 0 Å². The van der Waals surface area contributed by atoms with E-state index in [1.54, 1.807) is 24.5 Å². The Bertz CT molecular complexity index is 827. The van der Waals surface area contributed by atoms with Gasteiger partial charge in [-0.1, -0.05) is 19.3 Å². The van der Waals surface area contributed by atoms with Crippen LogP contribution in [-0.4, -0.2) is 38.8 Å². The van der Waals surface area contributed by atoms with E-state index in [9.17, 15) is 4.79 Å². The van der Waals surface area contributed by atoms with Crippen molar-refractivity contribution in [3.63, 3.8) is 0 Å². The minimum atomic E-state index is -0.414. The summed E-state index contributed by atoms with van der Waals surface area (Å²) < 4.78 is 6.10. The van der Waals surface area contributed by atoms with Crippen molar-refractivity contribution < 1.29 is 9.53 Å². The lowest BCUT2D eigenvalue weighted by atomic mass is 9.86. The number of fused-ring (bicyclic) bond motifs is 2. The molecule has 4 heterocycles. The molecule has 2 fully saturated rings. The molecule has 0 bridgehead atoms. The number of aromatic nitrogens is 3. The van der Waals surface area contributed by atoms with Crippen molar-refractivity contribution in [2.24, 2.45) is 0 Å². The van der Waals surface area contributed by atoms with Gasteiger partial charge in [0, 0.05) is 35.6 Å². The van der Waals surface area contributed by atoms with E-state index in [2.05, 4.69) is 9.97 Å². The number of ether oxygens (including phenoxy) is 1. The molecule has 1 amide bonds. The zero-order chi connectivity index (χ0) is 17.6. The number of hydrogen-bond acceptors (Lipinski definition) is 5. The zero-order valence-electron chi connectivity index (χ0n) is 14.7. The summed E-state index contributed by atoms with van der Waals surface area (Å²) in [6, 6.07) is 3.49. The van der Waals surface area contributed by atoms with Crippen LogP contribution in [0.5, 0.6) is 0 Å². The van der Waals surface area contributed by atoms with Crippen LogP contribution < -0.4 is 0 Å². The highest BCUT2D eigenvalue weighted by molar-refractivity contribution is 5.94. The largest absolute Gasteiger partial charge is 0.360 e. The average Bonchev–Trinajstić information content (AvgIpc) is 3.07. The summed E-state index contributed by atoms with van der Waals surface area (Å²) in [6.07, 6.45) is 11.5. The van der Waals surface area contributed by atoms with Gasteiger partial charge in [-0.15, -0.1) is 0 Å². The van der Waals surface area contributed by atoms with Crippen molar-refractivity contribution in [1.29, 1.82) is 0 Å². The zero-order valence-corrected chi connectivity index (χ0v) is 14.7. The van der Waals surface area contributed by atoms with Gasteiger partial charge >= 0.3 is 0 Å². The summed E-state index contributed by atoms with van der Waals surface area (Å²) >= 11 is 0. The van der Waals surface area contributed by atoms with E-state index >= 15 is 0 Å². The second-order valence-corrected chi connectivity index (χ2v) is 7.60. The van der Waals surface area contributed by atoms with Crippen LogP contribution in [0.25, 0.3) is 0 Å². The molecule has 2 aromatic heterocycles. The molecule has 1 saturated carbocycles. The molecule has 26 heavy (non-hydrogen) atoms.